The lowest BCUT2D eigenvalue weighted by molar-refractivity contribution is 0.572. The first-order valence-corrected chi connectivity index (χ1v) is 9.40. The van der Waals surface area contributed by atoms with Crippen LogP contribution in [-0.2, 0) is 6.42 Å². The SMILES string of the molecule is Cc1coc(-c2ccc3c(c2-c2occ(C)c2C)Cc2ccccc2-3)c1C. The van der Waals surface area contributed by atoms with Crippen molar-refractivity contribution in [1.82, 2.24) is 0 Å². The minimum atomic E-state index is 0.923. The first-order valence-electron chi connectivity index (χ1n) is 9.40. The third-order valence-electron chi connectivity index (χ3n) is 6.03. The molecule has 0 spiro atoms. The number of furan rings is 2. The Kier molecular flexibility index (Phi) is 3.45. The Morgan fingerprint density at radius 3 is 1.96 bits per heavy atom. The van der Waals surface area contributed by atoms with E-state index in [1.165, 1.54) is 50.1 Å². The molecule has 0 N–H and O–H groups in total. The first-order chi connectivity index (χ1) is 13.1. The van der Waals surface area contributed by atoms with E-state index in [0.29, 0.717) is 0 Å². The highest BCUT2D eigenvalue weighted by Crippen LogP contribution is 2.47. The summed E-state index contributed by atoms with van der Waals surface area (Å²) < 4.78 is 12.1. The molecule has 2 aromatic heterocycles. The fourth-order valence-electron chi connectivity index (χ4n) is 4.18. The van der Waals surface area contributed by atoms with Crippen LogP contribution in [0.5, 0.6) is 0 Å². The molecule has 0 unspecified atom stereocenters. The van der Waals surface area contributed by atoms with Crippen LogP contribution in [0.1, 0.15) is 33.4 Å². The van der Waals surface area contributed by atoms with Gasteiger partial charge in [-0.15, -0.1) is 0 Å². The van der Waals surface area contributed by atoms with Gasteiger partial charge in [-0.05, 0) is 84.7 Å². The van der Waals surface area contributed by atoms with Gasteiger partial charge >= 0.3 is 0 Å². The molecule has 0 aliphatic heterocycles. The standard InChI is InChI=1S/C25H22O2/c1-14-12-26-24(16(14)3)21-10-9-20-19-8-6-5-7-18(19)11-22(20)23(21)25-17(4)15(2)13-27-25/h5-10,12-13H,11H2,1-4H3. The molecule has 0 fully saturated rings. The zero-order valence-corrected chi connectivity index (χ0v) is 16.1. The second-order valence-corrected chi connectivity index (χ2v) is 7.59. The lowest BCUT2D eigenvalue weighted by Gasteiger charge is -2.14. The maximum absolute atomic E-state index is 6.07. The van der Waals surface area contributed by atoms with Crippen molar-refractivity contribution in [2.45, 2.75) is 34.1 Å². The van der Waals surface area contributed by atoms with Crippen LogP contribution in [0.4, 0.5) is 0 Å². The summed E-state index contributed by atoms with van der Waals surface area (Å²) in [4.78, 5) is 0. The molecule has 0 saturated carbocycles. The number of hydrogen-bond donors (Lipinski definition) is 0. The smallest absolute Gasteiger partial charge is 0.138 e. The summed E-state index contributed by atoms with van der Waals surface area (Å²) in [5, 5.41) is 0. The van der Waals surface area contributed by atoms with Gasteiger partial charge in [-0.3, -0.25) is 0 Å². The third kappa shape index (κ3) is 2.26. The predicted octanol–water partition coefficient (Wildman–Crippen LogP) is 7.01. The second-order valence-electron chi connectivity index (χ2n) is 7.59. The van der Waals surface area contributed by atoms with E-state index in [4.69, 9.17) is 8.83 Å². The van der Waals surface area contributed by atoms with Crippen LogP contribution >= 0.6 is 0 Å². The van der Waals surface area contributed by atoms with Crippen molar-refractivity contribution in [3.63, 3.8) is 0 Å². The number of fused-ring (bicyclic) bond motifs is 3. The molecule has 2 aromatic carbocycles. The average Bonchev–Trinajstić information content (AvgIpc) is 3.32. The van der Waals surface area contributed by atoms with E-state index < -0.39 is 0 Å². The van der Waals surface area contributed by atoms with Gasteiger partial charge in [-0.2, -0.15) is 0 Å². The summed E-state index contributed by atoms with van der Waals surface area (Å²) in [7, 11) is 0. The van der Waals surface area contributed by atoms with Crippen molar-refractivity contribution < 1.29 is 8.83 Å². The maximum atomic E-state index is 6.07. The summed E-state index contributed by atoms with van der Waals surface area (Å²) in [5.41, 5.74) is 12.4. The molecule has 0 amide bonds. The summed E-state index contributed by atoms with van der Waals surface area (Å²) in [5.74, 6) is 1.90. The number of aryl methyl sites for hydroxylation is 2. The van der Waals surface area contributed by atoms with Crippen LogP contribution in [0.2, 0.25) is 0 Å². The molecule has 0 radical (unpaired) electrons. The van der Waals surface area contributed by atoms with Crippen molar-refractivity contribution in [1.29, 1.82) is 0 Å². The average molecular weight is 354 g/mol. The van der Waals surface area contributed by atoms with Gasteiger partial charge in [0.1, 0.15) is 11.5 Å². The molecule has 2 heterocycles. The molecule has 0 bridgehead atoms. The van der Waals surface area contributed by atoms with Crippen molar-refractivity contribution in [2.75, 3.05) is 0 Å². The Hall–Kier alpha value is -3.00. The molecular weight excluding hydrogens is 332 g/mol. The Morgan fingerprint density at radius 2 is 1.30 bits per heavy atom. The van der Waals surface area contributed by atoms with Crippen LogP contribution in [0.25, 0.3) is 33.8 Å². The molecule has 1 aliphatic carbocycles. The monoisotopic (exact) mass is 354 g/mol. The van der Waals surface area contributed by atoms with E-state index in [2.05, 4.69) is 64.1 Å². The lowest BCUT2D eigenvalue weighted by Crippen LogP contribution is -1.94. The zero-order chi connectivity index (χ0) is 18.7. The molecule has 4 aromatic rings. The topological polar surface area (TPSA) is 26.3 Å². The zero-order valence-electron chi connectivity index (χ0n) is 16.1. The molecule has 134 valence electrons. The molecule has 1 aliphatic rings. The van der Waals surface area contributed by atoms with Crippen LogP contribution < -0.4 is 0 Å². The van der Waals surface area contributed by atoms with Crippen molar-refractivity contribution >= 4 is 0 Å². The first kappa shape index (κ1) is 16.2. The van der Waals surface area contributed by atoms with E-state index in [0.717, 1.165) is 23.5 Å². The molecule has 27 heavy (non-hydrogen) atoms. The van der Waals surface area contributed by atoms with Crippen LogP contribution in [-0.4, -0.2) is 0 Å². The van der Waals surface area contributed by atoms with E-state index in [9.17, 15) is 0 Å². The minimum Gasteiger partial charge on any atom is -0.464 e. The van der Waals surface area contributed by atoms with Gasteiger partial charge in [0.05, 0.1) is 12.5 Å². The summed E-state index contributed by atoms with van der Waals surface area (Å²) in [6.07, 6.45) is 4.62. The maximum Gasteiger partial charge on any atom is 0.138 e. The second kappa shape index (κ2) is 5.75. The Bertz CT molecular complexity index is 1190. The summed E-state index contributed by atoms with van der Waals surface area (Å²) >= 11 is 0. The van der Waals surface area contributed by atoms with Crippen molar-refractivity contribution in [3.05, 3.63) is 82.3 Å². The highest BCUT2D eigenvalue weighted by Gasteiger charge is 2.28. The fraction of sp³-hybridized carbons (Fsp3) is 0.200. The quantitative estimate of drug-likeness (QED) is 0.341. The van der Waals surface area contributed by atoms with E-state index in [1.807, 2.05) is 12.5 Å². The Balaban J connectivity index is 1.85. The van der Waals surface area contributed by atoms with Gasteiger partial charge in [-0.1, -0.05) is 30.3 Å². The van der Waals surface area contributed by atoms with Gasteiger partial charge < -0.3 is 8.83 Å². The summed E-state index contributed by atoms with van der Waals surface area (Å²) in [6, 6.07) is 13.1. The third-order valence-corrected chi connectivity index (χ3v) is 6.03. The Morgan fingerprint density at radius 1 is 0.667 bits per heavy atom. The summed E-state index contributed by atoms with van der Waals surface area (Å²) in [6.45, 7) is 8.45. The van der Waals surface area contributed by atoms with Crippen molar-refractivity contribution in [2.24, 2.45) is 0 Å². The van der Waals surface area contributed by atoms with Crippen LogP contribution in [0.3, 0.4) is 0 Å². The predicted molar refractivity (Wildman–Crippen MR) is 109 cm³/mol. The van der Waals surface area contributed by atoms with Gasteiger partial charge in [0.15, 0.2) is 0 Å². The van der Waals surface area contributed by atoms with Crippen LogP contribution in [0.15, 0.2) is 57.8 Å². The lowest BCUT2D eigenvalue weighted by atomic mass is 9.90. The van der Waals surface area contributed by atoms with Gasteiger partial charge in [0, 0.05) is 11.1 Å². The van der Waals surface area contributed by atoms with E-state index in [1.54, 1.807) is 0 Å². The van der Waals surface area contributed by atoms with E-state index in [-0.39, 0.29) is 0 Å². The Labute approximate surface area is 159 Å². The number of rotatable bonds is 2. The molecule has 0 atom stereocenters. The van der Waals surface area contributed by atoms with Gasteiger partial charge in [-0.25, -0.2) is 0 Å². The highest BCUT2D eigenvalue weighted by molar-refractivity contribution is 5.92. The highest BCUT2D eigenvalue weighted by atomic mass is 16.3. The molecular formula is C25H22O2. The van der Waals surface area contributed by atoms with Gasteiger partial charge in [0.25, 0.3) is 0 Å². The number of hydrogen-bond acceptors (Lipinski definition) is 2. The molecule has 2 nitrogen and oxygen atoms in total. The minimum absolute atomic E-state index is 0.923. The van der Waals surface area contributed by atoms with Gasteiger partial charge in [0.2, 0.25) is 0 Å². The molecule has 0 saturated heterocycles. The van der Waals surface area contributed by atoms with Crippen LogP contribution in [0, 0.1) is 27.7 Å². The largest absolute Gasteiger partial charge is 0.464 e. The van der Waals surface area contributed by atoms with Crippen molar-refractivity contribution in [3.8, 4) is 33.8 Å². The van der Waals surface area contributed by atoms with E-state index >= 15 is 0 Å². The molecule has 2 heteroatoms. The fourth-order valence-corrected chi connectivity index (χ4v) is 4.18. The normalized spacial score (nSPS) is 12.3. The molecule has 5 rings (SSSR count). The number of benzene rings is 2.